The van der Waals surface area contributed by atoms with Gasteiger partial charge in [0, 0.05) is 19.4 Å². The molecule has 2 fully saturated rings. The predicted molar refractivity (Wildman–Crippen MR) is 209 cm³/mol. The van der Waals surface area contributed by atoms with Crippen LogP contribution in [0.4, 0.5) is 0 Å². The second kappa shape index (κ2) is 21.8. The van der Waals surface area contributed by atoms with E-state index in [4.69, 9.17) is 0 Å². The van der Waals surface area contributed by atoms with E-state index in [0.29, 0.717) is 30.5 Å². The first-order chi connectivity index (χ1) is 27.7. The summed E-state index contributed by atoms with van der Waals surface area (Å²) in [5.41, 5.74) is 1.36. The van der Waals surface area contributed by atoms with Gasteiger partial charge in [-0.1, -0.05) is 56.3 Å². The number of nitrogens with one attached hydrogen (secondary N) is 6. The van der Waals surface area contributed by atoms with E-state index in [9.17, 15) is 54.0 Å². The number of rotatable bonds is 20. The summed E-state index contributed by atoms with van der Waals surface area (Å²) in [4.78, 5) is 94.4. The van der Waals surface area contributed by atoms with Gasteiger partial charge in [0.05, 0.1) is 19.3 Å². The van der Waals surface area contributed by atoms with Crippen LogP contribution in [0.5, 0.6) is 5.75 Å². The van der Waals surface area contributed by atoms with Gasteiger partial charge in [0.1, 0.15) is 42.0 Å². The summed E-state index contributed by atoms with van der Waals surface area (Å²) in [6.45, 7) is 2.56. The fourth-order valence-electron chi connectivity index (χ4n) is 6.98. The Balaban J connectivity index is 1.51. The standard InChI is InChI=1S/C40H55N7O11/c1-23(2)18-28(35(52)46-32(22-49)40(57)58)42-37(54)31(21-48)45-38(55)33-11-7-17-47(33)39(56)30(20-24-8-4-3-5-9-24)44-36(53)29(19-25-12-14-26(50)15-13-25)43-34(51)27-10-6-16-41-27/h3-5,8-9,12-15,23,27-33,41,48-50H,6-7,10-11,16-22H2,1-2H3,(H,42,54)(H,43,51)(H,44,53)(H,45,55)(H,46,52)(H,57,58)/t27-,28-,29-,30-,31-,32-,33-/m0/s1. The number of phenolic OH excluding ortho intramolecular Hbond substituents is 1. The smallest absolute Gasteiger partial charge is 0.328 e. The van der Waals surface area contributed by atoms with E-state index in [1.807, 2.05) is 0 Å². The highest BCUT2D eigenvalue weighted by Gasteiger charge is 2.40. The van der Waals surface area contributed by atoms with Crippen LogP contribution >= 0.6 is 0 Å². The van der Waals surface area contributed by atoms with Gasteiger partial charge < -0.3 is 57.2 Å². The van der Waals surface area contributed by atoms with Crippen LogP contribution in [-0.2, 0) is 46.4 Å². The minimum absolute atomic E-state index is 0.0280. The van der Waals surface area contributed by atoms with E-state index in [1.165, 1.54) is 17.0 Å². The first-order valence-corrected chi connectivity index (χ1v) is 19.5. The van der Waals surface area contributed by atoms with Crippen molar-refractivity contribution >= 4 is 41.4 Å². The van der Waals surface area contributed by atoms with Gasteiger partial charge in [-0.15, -0.1) is 0 Å². The van der Waals surface area contributed by atoms with Crippen molar-refractivity contribution in [2.75, 3.05) is 26.3 Å². The van der Waals surface area contributed by atoms with Crippen LogP contribution in [-0.4, -0.2) is 135 Å². The molecular weight excluding hydrogens is 754 g/mol. The molecule has 2 heterocycles. The zero-order valence-electron chi connectivity index (χ0n) is 32.7. The van der Waals surface area contributed by atoms with Gasteiger partial charge in [0.15, 0.2) is 0 Å². The molecule has 0 radical (unpaired) electrons. The van der Waals surface area contributed by atoms with E-state index in [2.05, 4.69) is 31.9 Å². The number of aliphatic carboxylic acids is 1. The van der Waals surface area contributed by atoms with Crippen molar-refractivity contribution in [1.29, 1.82) is 0 Å². The Morgan fingerprint density at radius 2 is 1.26 bits per heavy atom. The number of hydrogen-bond acceptors (Lipinski definition) is 11. The van der Waals surface area contributed by atoms with Gasteiger partial charge in [0.25, 0.3) is 0 Å². The molecule has 316 valence electrons. The Labute approximate surface area is 336 Å². The second-order valence-electron chi connectivity index (χ2n) is 15.0. The number of phenols is 1. The van der Waals surface area contributed by atoms with Gasteiger partial charge >= 0.3 is 5.97 Å². The third-order valence-corrected chi connectivity index (χ3v) is 10.1. The van der Waals surface area contributed by atoms with Gasteiger partial charge in [-0.3, -0.25) is 28.8 Å². The fraction of sp³-hybridized carbons (Fsp3) is 0.525. The number of amides is 6. The molecule has 0 spiro atoms. The van der Waals surface area contributed by atoms with Crippen molar-refractivity contribution in [2.45, 2.75) is 101 Å². The fourth-order valence-corrected chi connectivity index (χ4v) is 6.98. The molecule has 0 unspecified atom stereocenters. The van der Waals surface area contributed by atoms with Crippen LogP contribution in [0.3, 0.4) is 0 Å². The number of carboxylic acids is 1. The average Bonchev–Trinajstić information content (AvgIpc) is 3.93. The third-order valence-electron chi connectivity index (χ3n) is 10.1. The van der Waals surface area contributed by atoms with Crippen molar-refractivity contribution in [3.05, 3.63) is 65.7 Å². The van der Waals surface area contributed by atoms with Crippen LogP contribution in [0.25, 0.3) is 0 Å². The van der Waals surface area contributed by atoms with Crippen LogP contribution in [0.1, 0.15) is 57.1 Å². The zero-order chi connectivity index (χ0) is 42.4. The number of carbonyl (C=O) groups excluding carboxylic acids is 6. The van der Waals surface area contributed by atoms with Crippen molar-refractivity contribution in [3.8, 4) is 5.75 Å². The Hall–Kier alpha value is -5.59. The topological polar surface area (TPSA) is 276 Å². The maximum atomic E-state index is 14.4. The van der Waals surface area contributed by atoms with Gasteiger partial charge in [-0.05, 0) is 67.8 Å². The number of aliphatic hydroxyl groups is 2. The highest BCUT2D eigenvalue weighted by atomic mass is 16.4. The number of likely N-dealkylation sites (tertiary alicyclic amines) is 1. The summed E-state index contributed by atoms with van der Waals surface area (Å²) in [7, 11) is 0. The first kappa shape index (κ1) is 45.1. The van der Waals surface area contributed by atoms with E-state index in [-0.39, 0.29) is 49.8 Å². The first-order valence-electron chi connectivity index (χ1n) is 19.5. The molecule has 18 nitrogen and oxygen atoms in total. The Morgan fingerprint density at radius 3 is 1.86 bits per heavy atom. The molecule has 58 heavy (non-hydrogen) atoms. The molecule has 0 saturated carbocycles. The second-order valence-corrected chi connectivity index (χ2v) is 15.0. The minimum atomic E-state index is -1.62. The normalized spacial score (nSPS) is 18.9. The number of carbonyl (C=O) groups is 7. The van der Waals surface area contributed by atoms with Crippen molar-refractivity contribution < 1.29 is 54.0 Å². The van der Waals surface area contributed by atoms with E-state index < -0.39 is 91.0 Å². The molecule has 0 aliphatic carbocycles. The molecule has 10 N–H and O–H groups in total. The largest absolute Gasteiger partial charge is 0.508 e. The highest BCUT2D eigenvalue weighted by Crippen LogP contribution is 2.21. The lowest BCUT2D eigenvalue weighted by Gasteiger charge is -2.31. The summed E-state index contributed by atoms with van der Waals surface area (Å²) in [5, 5.41) is 54.4. The van der Waals surface area contributed by atoms with Crippen LogP contribution in [0, 0.1) is 5.92 Å². The average molecular weight is 810 g/mol. The number of carboxylic acid groups (broad SMARTS) is 1. The van der Waals surface area contributed by atoms with Crippen molar-refractivity contribution in [2.24, 2.45) is 5.92 Å². The van der Waals surface area contributed by atoms with Crippen LogP contribution in [0.15, 0.2) is 54.6 Å². The summed E-state index contributed by atoms with van der Waals surface area (Å²) in [6.07, 6.45) is 2.16. The molecule has 7 atom stereocenters. The number of benzene rings is 2. The van der Waals surface area contributed by atoms with Crippen LogP contribution in [0.2, 0.25) is 0 Å². The number of aromatic hydroxyl groups is 1. The molecule has 6 amide bonds. The van der Waals surface area contributed by atoms with E-state index in [0.717, 1.165) is 6.42 Å². The van der Waals surface area contributed by atoms with Crippen molar-refractivity contribution in [1.82, 2.24) is 36.8 Å². The number of aliphatic hydroxyl groups excluding tert-OH is 2. The molecule has 0 bridgehead atoms. The quantitative estimate of drug-likeness (QED) is 0.0729. The zero-order valence-corrected chi connectivity index (χ0v) is 32.7. The Morgan fingerprint density at radius 1 is 0.690 bits per heavy atom. The molecule has 0 aromatic heterocycles. The van der Waals surface area contributed by atoms with E-state index >= 15 is 0 Å². The van der Waals surface area contributed by atoms with Gasteiger partial charge in [0.2, 0.25) is 35.4 Å². The maximum Gasteiger partial charge on any atom is 0.328 e. The predicted octanol–water partition coefficient (Wildman–Crippen LogP) is -1.54. The third kappa shape index (κ3) is 13.0. The number of nitrogens with zero attached hydrogens (tertiary/aromatic N) is 1. The summed E-state index contributed by atoms with van der Waals surface area (Å²) in [6, 6.07) is 6.78. The molecule has 2 aromatic rings. The van der Waals surface area contributed by atoms with Gasteiger partial charge in [-0.2, -0.15) is 0 Å². The SMILES string of the molecule is CC(C)C[C@H](NC(=O)[C@H](CO)NC(=O)[C@@H]1CCCN1C(=O)[C@H](Cc1ccccc1)NC(=O)[C@H](Cc1ccc(O)cc1)NC(=O)[C@@H]1CCCN1)C(=O)N[C@@H](CO)C(=O)O. The molecule has 2 aromatic carbocycles. The monoisotopic (exact) mass is 809 g/mol. The Bertz CT molecular complexity index is 1740. The molecule has 18 heteroatoms. The minimum Gasteiger partial charge on any atom is -0.508 e. The summed E-state index contributed by atoms with van der Waals surface area (Å²) < 4.78 is 0. The lowest BCUT2D eigenvalue weighted by atomic mass is 10.0. The summed E-state index contributed by atoms with van der Waals surface area (Å²) in [5.74, 6) is -5.78. The molecule has 2 saturated heterocycles. The lowest BCUT2D eigenvalue weighted by Crippen LogP contribution is -2.60. The Kier molecular flexibility index (Phi) is 17.0. The highest BCUT2D eigenvalue weighted by molar-refractivity contribution is 5.97. The molecule has 4 rings (SSSR count). The van der Waals surface area contributed by atoms with E-state index in [1.54, 1.807) is 56.3 Å². The molecular formula is C40H55N7O11. The molecule has 2 aliphatic heterocycles. The number of hydrogen-bond donors (Lipinski definition) is 10. The lowest BCUT2D eigenvalue weighted by molar-refractivity contribution is -0.143. The summed E-state index contributed by atoms with van der Waals surface area (Å²) >= 11 is 0. The van der Waals surface area contributed by atoms with Gasteiger partial charge in [-0.25, -0.2) is 4.79 Å². The molecule has 2 aliphatic rings. The van der Waals surface area contributed by atoms with Crippen molar-refractivity contribution in [3.63, 3.8) is 0 Å². The maximum absolute atomic E-state index is 14.4. The van der Waals surface area contributed by atoms with Crippen LogP contribution < -0.4 is 31.9 Å².